The van der Waals surface area contributed by atoms with Gasteiger partial charge in [0.2, 0.25) is 0 Å². The van der Waals surface area contributed by atoms with E-state index in [1.54, 1.807) is 11.3 Å². The predicted molar refractivity (Wildman–Crippen MR) is 67.4 cm³/mol. The van der Waals surface area contributed by atoms with E-state index < -0.39 is 0 Å². The number of halogens is 1. The summed E-state index contributed by atoms with van der Waals surface area (Å²) in [6, 6.07) is 8.02. The first-order chi connectivity index (χ1) is 7.22. The van der Waals surface area contributed by atoms with Gasteiger partial charge in [0.1, 0.15) is 0 Å². The summed E-state index contributed by atoms with van der Waals surface area (Å²) in [6.45, 7) is 2.63. The molecule has 0 atom stereocenters. The molecule has 1 nitrogen and oxygen atoms in total. The van der Waals surface area contributed by atoms with Crippen molar-refractivity contribution in [3.63, 3.8) is 0 Å². The van der Waals surface area contributed by atoms with Crippen molar-refractivity contribution in [2.75, 3.05) is 0 Å². The molecule has 0 bridgehead atoms. The molecule has 0 fully saturated rings. The van der Waals surface area contributed by atoms with Gasteiger partial charge >= 0.3 is 0 Å². The first-order valence-electron chi connectivity index (χ1n) is 4.75. The third-order valence-corrected chi connectivity index (χ3v) is 3.68. The Morgan fingerprint density at radius 3 is 2.73 bits per heavy atom. The fourth-order valence-corrected chi connectivity index (χ4v) is 2.78. The second kappa shape index (κ2) is 4.35. The lowest BCUT2D eigenvalue weighted by atomic mass is 10.0. The molecule has 1 aromatic carbocycles. The van der Waals surface area contributed by atoms with Gasteiger partial charge in [-0.2, -0.15) is 0 Å². The standard InChI is InChI=1S/C12H12ClNS/c1-8-4-5-15-12(8)11-3-2-10(13)6-9(11)7-14/h2-6H,7,14H2,1H3. The largest absolute Gasteiger partial charge is 0.326 e. The third kappa shape index (κ3) is 2.07. The van der Waals surface area contributed by atoms with Crippen molar-refractivity contribution in [1.29, 1.82) is 0 Å². The Bertz CT molecular complexity index is 476. The summed E-state index contributed by atoms with van der Waals surface area (Å²) in [4.78, 5) is 1.28. The van der Waals surface area contributed by atoms with E-state index in [0.29, 0.717) is 6.54 Å². The lowest BCUT2D eigenvalue weighted by Crippen LogP contribution is -1.98. The van der Waals surface area contributed by atoms with E-state index in [-0.39, 0.29) is 0 Å². The summed E-state index contributed by atoms with van der Waals surface area (Å²) in [5.41, 5.74) is 9.32. The molecule has 0 amide bonds. The highest BCUT2D eigenvalue weighted by molar-refractivity contribution is 7.13. The summed E-state index contributed by atoms with van der Waals surface area (Å²) in [7, 11) is 0. The zero-order valence-electron chi connectivity index (χ0n) is 8.46. The van der Waals surface area contributed by atoms with E-state index in [1.165, 1.54) is 16.0 Å². The van der Waals surface area contributed by atoms with E-state index in [1.807, 2.05) is 18.2 Å². The van der Waals surface area contributed by atoms with Crippen molar-refractivity contribution in [2.24, 2.45) is 5.73 Å². The molecule has 0 aliphatic rings. The van der Waals surface area contributed by atoms with E-state index in [4.69, 9.17) is 17.3 Å². The van der Waals surface area contributed by atoms with Crippen LogP contribution in [0, 0.1) is 6.92 Å². The predicted octanol–water partition coefficient (Wildman–Crippen LogP) is 3.84. The van der Waals surface area contributed by atoms with Gasteiger partial charge in [-0.25, -0.2) is 0 Å². The van der Waals surface area contributed by atoms with Crippen LogP contribution in [0.3, 0.4) is 0 Å². The quantitative estimate of drug-likeness (QED) is 0.844. The lowest BCUT2D eigenvalue weighted by Gasteiger charge is -2.07. The van der Waals surface area contributed by atoms with Gasteiger partial charge in [-0.15, -0.1) is 11.3 Å². The molecule has 3 heteroatoms. The molecule has 2 rings (SSSR count). The number of rotatable bonds is 2. The second-order valence-electron chi connectivity index (χ2n) is 3.44. The molecule has 0 saturated heterocycles. The Morgan fingerprint density at radius 2 is 2.13 bits per heavy atom. The minimum atomic E-state index is 0.521. The van der Waals surface area contributed by atoms with Crippen LogP contribution in [0.15, 0.2) is 29.6 Å². The van der Waals surface area contributed by atoms with Crippen LogP contribution in [0.4, 0.5) is 0 Å². The molecule has 78 valence electrons. The van der Waals surface area contributed by atoms with Crippen LogP contribution in [0.1, 0.15) is 11.1 Å². The Labute approximate surface area is 98.5 Å². The number of nitrogens with two attached hydrogens (primary N) is 1. The number of benzene rings is 1. The summed E-state index contributed by atoms with van der Waals surface area (Å²) in [6.07, 6.45) is 0. The van der Waals surface area contributed by atoms with Crippen LogP contribution in [-0.4, -0.2) is 0 Å². The van der Waals surface area contributed by atoms with E-state index in [2.05, 4.69) is 18.4 Å². The minimum Gasteiger partial charge on any atom is -0.326 e. The topological polar surface area (TPSA) is 26.0 Å². The van der Waals surface area contributed by atoms with E-state index >= 15 is 0 Å². The molecule has 2 aromatic rings. The molecule has 2 N–H and O–H groups in total. The van der Waals surface area contributed by atoms with Gasteiger partial charge in [0.15, 0.2) is 0 Å². The van der Waals surface area contributed by atoms with Crippen LogP contribution in [-0.2, 0) is 6.54 Å². The van der Waals surface area contributed by atoms with Crippen LogP contribution in [0.5, 0.6) is 0 Å². The molecule has 0 spiro atoms. The maximum absolute atomic E-state index is 5.94. The molecule has 0 unspecified atom stereocenters. The van der Waals surface area contributed by atoms with Crippen LogP contribution in [0.2, 0.25) is 5.02 Å². The molecule has 0 aliphatic carbocycles. The Morgan fingerprint density at radius 1 is 1.33 bits per heavy atom. The highest BCUT2D eigenvalue weighted by Gasteiger charge is 2.08. The molecular formula is C12H12ClNS. The summed E-state index contributed by atoms with van der Waals surface area (Å²) in [5.74, 6) is 0. The molecule has 1 aromatic heterocycles. The first-order valence-corrected chi connectivity index (χ1v) is 6.01. The summed E-state index contributed by atoms with van der Waals surface area (Å²) >= 11 is 7.68. The normalized spacial score (nSPS) is 10.6. The Hall–Kier alpha value is -0.830. The monoisotopic (exact) mass is 237 g/mol. The maximum Gasteiger partial charge on any atom is 0.0409 e. The molecule has 0 saturated carbocycles. The summed E-state index contributed by atoms with van der Waals surface area (Å²) in [5, 5.41) is 2.84. The van der Waals surface area contributed by atoms with Crippen molar-refractivity contribution in [3.8, 4) is 10.4 Å². The van der Waals surface area contributed by atoms with Gasteiger partial charge in [-0.05, 0) is 47.2 Å². The Balaban J connectivity index is 2.58. The number of thiophene rings is 1. The number of hydrogen-bond acceptors (Lipinski definition) is 2. The second-order valence-corrected chi connectivity index (χ2v) is 4.79. The van der Waals surface area contributed by atoms with Crippen molar-refractivity contribution in [1.82, 2.24) is 0 Å². The van der Waals surface area contributed by atoms with Crippen LogP contribution >= 0.6 is 22.9 Å². The number of aryl methyl sites for hydroxylation is 1. The van der Waals surface area contributed by atoms with Gasteiger partial charge in [0.25, 0.3) is 0 Å². The van der Waals surface area contributed by atoms with Gasteiger partial charge in [-0.3, -0.25) is 0 Å². The highest BCUT2D eigenvalue weighted by Crippen LogP contribution is 2.32. The molecule has 1 heterocycles. The minimum absolute atomic E-state index is 0.521. The third-order valence-electron chi connectivity index (χ3n) is 2.39. The van der Waals surface area contributed by atoms with Crippen LogP contribution in [0.25, 0.3) is 10.4 Å². The van der Waals surface area contributed by atoms with Gasteiger partial charge in [-0.1, -0.05) is 17.7 Å². The van der Waals surface area contributed by atoms with E-state index in [9.17, 15) is 0 Å². The zero-order chi connectivity index (χ0) is 10.8. The number of hydrogen-bond donors (Lipinski definition) is 1. The van der Waals surface area contributed by atoms with Crippen molar-refractivity contribution in [3.05, 3.63) is 45.8 Å². The maximum atomic E-state index is 5.94. The van der Waals surface area contributed by atoms with Gasteiger partial charge < -0.3 is 5.73 Å². The first kappa shape index (κ1) is 10.7. The average molecular weight is 238 g/mol. The Kier molecular flexibility index (Phi) is 3.10. The van der Waals surface area contributed by atoms with Crippen molar-refractivity contribution >= 4 is 22.9 Å². The molecule has 15 heavy (non-hydrogen) atoms. The molecular weight excluding hydrogens is 226 g/mol. The zero-order valence-corrected chi connectivity index (χ0v) is 10.0. The fraction of sp³-hybridized carbons (Fsp3) is 0.167. The molecule has 0 radical (unpaired) electrons. The summed E-state index contributed by atoms with van der Waals surface area (Å²) < 4.78 is 0. The van der Waals surface area contributed by atoms with Crippen molar-refractivity contribution < 1.29 is 0 Å². The van der Waals surface area contributed by atoms with Gasteiger partial charge in [0, 0.05) is 16.4 Å². The molecule has 0 aliphatic heterocycles. The average Bonchev–Trinajstić information content (AvgIpc) is 2.64. The fourth-order valence-electron chi connectivity index (χ4n) is 1.60. The highest BCUT2D eigenvalue weighted by atomic mass is 35.5. The lowest BCUT2D eigenvalue weighted by molar-refractivity contribution is 1.07. The van der Waals surface area contributed by atoms with Crippen LogP contribution < -0.4 is 5.73 Å². The SMILES string of the molecule is Cc1ccsc1-c1ccc(Cl)cc1CN. The smallest absolute Gasteiger partial charge is 0.0409 e. The van der Waals surface area contributed by atoms with E-state index in [0.717, 1.165) is 10.6 Å². The van der Waals surface area contributed by atoms with Gasteiger partial charge in [0.05, 0.1) is 0 Å². The van der Waals surface area contributed by atoms with Crippen molar-refractivity contribution in [2.45, 2.75) is 13.5 Å².